The molecule has 0 radical (unpaired) electrons. The zero-order chi connectivity index (χ0) is 10.9. The van der Waals surface area contributed by atoms with E-state index in [1.165, 1.54) is 0 Å². The summed E-state index contributed by atoms with van der Waals surface area (Å²) >= 11 is 4.04. The lowest BCUT2D eigenvalue weighted by molar-refractivity contribution is -0.137. The van der Waals surface area contributed by atoms with E-state index in [2.05, 4.69) is 12.6 Å². The fourth-order valence-corrected chi connectivity index (χ4v) is 1.19. The molecule has 0 heterocycles. The highest BCUT2D eigenvalue weighted by molar-refractivity contribution is 7.80. The average Bonchev–Trinajstić information content (AvgIpc) is 2.08. The lowest BCUT2D eigenvalue weighted by atomic mass is 10.3. The van der Waals surface area contributed by atoms with Gasteiger partial charge in [0.15, 0.2) is 0 Å². The first-order valence-electron chi connectivity index (χ1n) is 4.81. The molecule has 0 amide bonds. The molecule has 0 rings (SSSR count). The van der Waals surface area contributed by atoms with Crippen molar-refractivity contribution in [3.8, 4) is 0 Å². The molecule has 0 aromatic rings. The molecule has 0 atom stereocenters. The van der Waals surface area contributed by atoms with Gasteiger partial charge in [-0.2, -0.15) is 25.8 Å². The summed E-state index contributed by atoms with van der Waals surface area (Å²) in [5.74, 6) is 0.855. The average molecular weight is 230 g/mol. The Kier molecular flexibility index (Phi) is 8.47. The van der Waals surface area contributed by atoms with Gasteiger partial charge in [-0.3, -0.25) is 0 Å². The van der Waals surface area contributed by atoms with Crippen molar-refractivity contribution in [2.45, 2.75) is 38.3 Å². The van der Waals surface area contributed by atoms with E-state index >= 15 is 0 Å². The van der Waals surface area contributed by atoms with Crippen molar-refractivity contribution in [1.82, 2.24) is 0 Å². The van der Waals surface area contributed by atoms with Crippen LogP contribution in [0.15, 0.2) is 0 Å². The van der Waals surface area contributed by atoms with E-state index in [1.807, 2.05) is 0 Å². The number of hydrogen-bond donors (Lipinski definition) is 1. The Bertz CT molecular complexity index is 128. The highest BCUT2D eigenvalue weighted by Gasteiger charge is 2.25. The van der Waals surface area contributed by atoms with Crippen LogP contribution in [0.4, 0.5) is 13.2 Å². The van der Waals surface area contributed by atoms with Gasteiger partial charge in [-0.25, -0.2) is 0 Å². The number of hydrogen-bond acceptors (Lipinski definition) is 2. The quantitative estimate of drug-likeness (QED) is 0.496. The Balaban J connectivity index is 2.99. The first-order chi connectivity index (χ1) is 6.56. The first-order valence-corrected chi connectivity index (χ1v) is 5.45. The van der Waals surface area contributed by atoms with Crippen LogP contribution in [-0.4, -0.2) is 25.1 Å². The van der Waals surface area contributed by atoms with Crippen molar-refractivity contribution in [3.05, 3.63) is 0 Å². The third kappa shape index (κ3) is 12.1. The summed E-state index contributed by atoms with van der Waals surface area (Å²) in [6, 6.07) is 0. The van der Waals surface area contributed by atoms with E-state index in [0.29, 0.717) is 6.61 Å². The van der Waals surface area contributed by atoms with Crippen molar-refractivity contribution in [1.29, 1.82) is 0 Å². The van der Waals surface area contributed by atoms with E-state index in [4.69, 9.17) is 4.74 Å². The van der Waals surface area contributed by atoms with Crippen LogP contribution in [0.1, 0.15) is 32.1 Å². The van der Waals surface area contributed by atoms with Gasteiger partial charge in [0.1, 0.15) is 0 Å². The number of alkyl halides is 3. The Morgan fingerprint density at radius 3 is 2.14 bits per heavy atom. The molecular weight excluding hydrogens is 213 g/mol. The van der Waals surface area contributed by atoms with E-state index in [1.54, 1.807) is 0 Å². The molecule has 0 saturated heterocycles. The predicted octanol–water partition coefficient (Wildman–Crippen LogP) is 3.45. The van der Waals surface area contributed by atoms with Gasteiger partial charge in [0, 0.05) is 19.6 Å². The maximum absolute atomic E-state index is 11.7. The summed E-state index contributed by atoms with van der Waals surface area (Å²) < 4.78 is 40.1. The van der Waals surface area contributed by atoms with Crippen molar-refractivity contribution in [2.24, 2.45) is 0 Å². The normalized spacial score (nSPS) is 12.0. The van der Waals surface area contributed by atoms with Crippen molar-refractivity contribution < 1.29 is 17.9 Å². The molecular formula is C9H17F3OS. The Morgan fingerprint density at radius 1 is 0.929 bits per heavy atom. The van der Waals surface area contributed by atoms with E-state index in [9.17, 15) is 13.2 Å². The molecule has 0 N–H and O–H groups in total. The topological polar surface area (TPSA) is 9.23 Å². The second kappa shape index (κ2) is 8.41. The molecule has 0 aromatic carbocycles. The van der Waals surface area contributed by atoms with Gasteiger partial charge >= 0.3 is 6.18 Å². The Labute approximate surface area is 88.4 Å². The minimum atomic E-state index is -4.05. The van der Waals surface area contributed by atoms with Crippen LogP contribution < -0.4 is 0 Å². The summed E-state index contributed by atoms with van der Waals surface area (Å²) in [7, 11) is 0. The number of halogens is 3. The van der Waals surface area contributed by atoms with Crippen LogP contribution in [0.25, 0.3) is 0 Å². The van der Waals surface area contributed by atoms with Crippen LogP contribution >= 0.6 is 12.6 Å². The molecule has 0 spiro atoms. The van der Waals surface area contributed by atoms with Gasteiger partial charge in [-0.15, -0.1) is 0 Å². The molecule has 0 unspecified atom stereocenters. The second-order valence-corrected chi connectivity index (χ2v) is 3.56. The zero-order valence-corrected chi connectivity index (χ0v) is 9.04. The van der Waals surface area contributed by atoms with Gasteiger partial charge in [0.25, 0.3) is 0 Å². The Hall–Kier alpha value is 0.100. The van der Waals surface area contributed by atoms with Gasteiger partial charge in [-0.1, -0.05) is 6.42 Å². The van der Waals surface area contributed by atoms with Crippen LogP contribution in [-0.2, 0) is 4.74 Å². The lowest BCUT2D eigenvalue weighted by Crippen LogP contribution is -2.09. The molecule has 0 saturated carbocycles. The first kappa shape index (κ1) is 14.1. The maximum Gasteiger partial charge on any atom is 0.389 e. The molecule has 14 heavy (non-hydrogen) atoms. The molecule has 0 bridgehead atoms. The lowest BCUT2D eigenvalue weighted by Gasteiger charge is -2.06. The highest BCUT2D eigenvalue weighted by Crippen LogP contribution is 2.20. The number of rotatable bonds is 8. The minimum absolute atomic E-state index is 0.0655. The third-order valence-corrected chi connectivity index (χ3v) is 2.01. The fraction of sp³-hybridized carbons (Fsp3) is 1.00. The van der Waals surface area contributed by atoms with Crippen molar-refractivity contribution in [3.63, 3.8) is 0 Å². The van der Waals surface area contributed by atoms with Gasteiger partial charge in [0.2, 0.25) is 0 Å². The maximum atomic E-state index is 11.7. The van der Waals surface area contributed by atoms with Crippen molar-refractivity contribution >= 4 is 12.6 Å². The summed E-state index contributed by atoms with van der Waals surface area (Å²) in [5.41, 5.74) is 0. The second-order valence-electron chi connectivity index (χ2n) is 3.12. The molecule has 5 heteroatoms. The summed E-state index contributed by atoms with van der Waals surface area (Å²) in [4.78, 5) is 0. The Morgan fingerprint density at radius 2 is 1.57 bits per heavy atom. The molecule has 0 aliphatic carbocycles. The van der Waals surface area contributed by atoms with E-state index < -0.39 is 12.6 Å². The third-order valence-electron chi connectivity index (χ3n) is 1.70. The summed E-state index contributed by atoms with van der Waals surface area (Å²) in [6.07, 6.45) is -1.75. The largest absolute Gasteiger partial charge is 0.389 e. The van der Waals surface area contributed by atoms with Gasteiger partial charge in [-0.05, 0) is 25.0 Å². The van der Waals surface area contributed by atoms with E-state index in [0.717, 1.165) is 25.0 Å². The zero-order valence-electron chi connectivity index (χ0n) is 8.15. The smallest absolute Gasteiger partial charge is 0.381 e. The minimum Gasteiger partial charge on any atom is -0.381 e. The van der Waals surface area contributed by atoms with Gasteiger partial charge < -0.3 is 4.74 Å². The molecule has 0 aliphatic rings. The monoisotopic (exact) mass is 230 g/mol. The fourth-order valence-electron chi connectivity index (χ4n) is 0.969. The molecule has 0 fully saturated rings. The van der Waals surface area contributed by atoms with Crippen LogP contribution in [0.2, 0.25) is 0 Å². The van der Waals surface area contributed by atoms with Gasteiger partial charge in [0.05, 0.1) is 0 Å². The molecule has 86 valence electrons. The summed E-state index contributed by atoms with van der Waals surface area (Å²) in [5, 5.41) is 0. The molecule has 0 aliphatic heterocycles. The van der Waals surface area contributed by atoms with Crippen LogP contribution in [0.3, 0.4) is 0 Å². The predicted molar refractivity (Wildman–Crippen MR) is 53.8 cm³/mol. The van der Waals surface area contributed by atoms with Crippen LogP contribution in [0, 0.1) is 0 Å². The van der Waals surface area contributed by atoms with E-state index in [-0.39, 0.29) is 13.0 Å². The molecule has 1 nitrogen and oxygen atoms in total. The number of ether oxygens (including phenoxy) is 1. The number of thiol groups is 1. The summed E-state index contributed by atoms with van der Waals surface area (Å²) in [6.45, 7) is 0.770. The van der Waals surface area contributed by atoms with Crippen molar-refractivity contribution in [2.75, 3.05) is 19.0 Å². The standard InChI is InChI=1S/C9H17F3OS/c10-9(11,12)5-4-7-13-6-2-1-3-8-14/h14H,1-8H2. The number of unbranched alkanes of at least 4 members (excludes halogenated alkanes) is 2. The highest BCUT2D eigenvalue weighted by atomic mass is 32.1. The van der Waals surface area contributed by atoms with Crippen LogP contribution in [0.5, 0.6) is 0 Å². The SMILES string of the molecule is FC(F)(F)CCCOCCCCCS. The molecule has 0 aromatic heterocycles.